The summed E-state index contributed by atoms with van der Waals surface area (Å²) < 4.78 is 12.8. The molecule has 1 aromatic carbocycles. The van der Waals surface area contributed by atoms with Gasteiger partial charge in [-0.2, -0.15) is 0 Å². The van der Waals surface area contributed by atoms with Crippen LogP contribution in [0.25, 0.3) is 0 Å². The minimum Gasteiger partial charge on any atom is -0.508 e. The number of likely N-dealkylation sites (N-methyl/N-ethyl adjacent to an activating group) is 1. The predicted molar refractivity (Wildman–Crippen MR) is 49.1 cm³/mol. The fourth-order valence-electron chi connectivity index (χ4n) is 1.24. The number of amides is 1. The highest BCUT2D eigenvalue weighted by Gasteiger charge is 2.16. The van der Waals surface area contributed by atoms with E-state index >= 15 is 0 Å². The minimum absolute atomic E-state index is 0.235. The molecule has 4 N–H and O–H groups in total. The number of carbonyl (C=O) groups excluding carboxylic acids is 1. The molecule has 0 aromatic heterocycles. The third-order valence-electron chi connectivity index (χ3n) is 1.81. The van der Waals surface area contributed by atoms with E-state index in [0.29, 0.717) is 5.56 Å². The van der Waals surface area contributed by atoms with Crippen molar-refractivity contribution in [1.29, 1.82) is 0 Å². The number of carbonyl (C=O) groups is 1. The maximum atomic E-state index is 12.8. The number of nitrogens with one attached hydrogen (secondary N) is 1. The van der Waals surface area contributed by atoms with Gasteiger partial charge in [-0.15, -0.1) is 0 Å². The number of primary amides is 1. The van der Waals surface area contributed by atoms with Crippen molar-refractivity contribution in [2.24, 2.45) is 5.73 Å². The molecule has 14 heavy (non-hydrogen) atoms. The van der Waals surface area contributed by atoms with Gasteiger partial charge in [0, 0.05) is 6.07 Å². The molecule has 4 nitrogen and oxygen atoms in total. The topological polar surface area (TPSA) is 75.3 Å². The molecule has 1 atom stereocenters. The smallest absolute Gasteiger partial charge is 0.239 e. The molecule has 0 aliphatic carbocycles. The molecule has 76 valence electrons. The first kappa shape index (κ1) is 10.5. The Hall–Kier alpha value is -1.62. The lowest BCUT2D eigenvalue weighted by atomic mass is 10.1. The Balaban J connectivity index is 3.10. The summed E-state index contributed by atoms with van der Waals surface area (Å²) in [4.78, 5) is 10.9. The number of rotatable bonds is 3. The van der Waals surface area contributed by atoms with E-state index in [2.05, 4.69) is 5.32 Å². The van der Waals surface area contributed by atoms with E-state index in [4.69, 9.17) is 10.8 Å². The van der Waals surface area contributed by atoms with Crippen molar-refractivity contribution in [1.82, 2.24) is 5.32 Å². The molecule has 1 rings (SSSR count). The van der Waals surface area contributed by atoms with Gasteiger partial charge < -0.3 is 16.2 Å². The van der Waals surface area contributed by atoms with Gasteiger partial charge in [0.25, 0.3) is 0 Å². The largest absolute Gasteiger partial charge is 0.508 e. The molecule has 0 saturated heterocycles. The van der Waals surface area contributed by atoms with Crippen LogP contribution in [0.3, 0.4) is 0 Å². The van der Waals surface area contributed by atoms with Gasteiger partial charge >= 0.3 is 0 Å². The van der Waals surface area contributed by atoms with Crippen LogP contribution in [0.1, 0.15) is 11.6 Å². The van der Waals surface area contributed by atoms with Crippen LogP contribution in [-0.4, -0.2) is 18.1 Å². The van der Waals surface area contributed by atoms with Gasteiger partial charge in [-0.05, 0) is 24.7 Å². The SMILES string of the molecule is CNC(C(N)=O)c1cc(O)cc(F)c1. The van der Waals surface area contributed by atoms with Crippen LogP contribution in [-0.2, 0) is 4.79 Å². The van der Waals surface area contributed by atoms with E-state index in [1.165, 1.54) is 13.1 Å². The van der Waals surface area contributed by atoms with Gasteiger partial charge in [0.05, 0.1) is 0 Å². The van der Waals surface area contributed by atoms with Crippen molar-refractivity contribution in [3.63, 3.8) is 0 Å². The zero-order chi connectivity index (χ0) is 10.7. The summed E-state index contributed by atoms with van der Waals surface area (Å²) in [5.74, 6) is -1.47. The molecular formula is C9H11FN2O2. The van der Waals surface area contributed by atoms with Crippen molar-refractivity contribution in [2.45, 2.75) is 6.04 Å². The van der Waals surface area contributed by atoms with Crippen molar-refractivity contribution in [3.8, 4) is 5.75 Å². The van der Waals surface area contributed by atoms with Crippen LogP contribution in [0.2, 0.25) is 0 Å². The normalized spacial score (nSPS) is 12.4. The van der Waals surface area contributed by atoms with Crippen LogP contribution < -0.4 is 11.1 Å². The first-order valence-electron chi connectivity index (χ1n) is 4.00. The van der Waals surface area contributed by atoms with Crippen LogP contribution in [0, 0.1) is 5.82 Å². The fourth-order valence-corrected chi connectivity index (χ4v) is 1.24. The number of halogens is 1. The number of nitrogens with two attached hydrogens (primary N) is 1. The van der Waals surface area contributed by atoms with E-state index in [0.717, 1.165) is 12.1 Å². The number of phenols is 1. The van der Waals surface area contributed by atoms with Gasteiger partial charge in [-0.3, -0.25) is 4.79 Å². The number of phenolic OH excluding ortho intramolecular Hbond substituents is 1. The highest BCUT2D eigenvalue weighted by molar-refractivity contribution is 5.81. The molecule has 0 spiro atoms. The van der Waals surface area contributed by atoms with Crippen molar-refractivity contribution in [2.75, 3.05) is 7.05 Å². The molecule has 0 aliphatic heterocycles. The molecule has 0 saturated carbocycles. The second-order valence-electron chi connectivity index (χ2n) is 2.87. The Morgan fingerprint density at radius 3 is 2.64 bits per heavy atom. The van der Waals surface area contributed by atoms with Crippen molar-refractivity contribution in [3.05, 3.63) is 29.6 Å². The average molecular weight is 198 g/mol. The lowest BCUT2D eigenvalue weighted by molar-refractivity contribution is -0.120. The lowest BCUT2D eigenvalue weighted by Gasteiger charge is -2.12. The zero-order valence-electron chi connectivity index (χ0n) is 7.62. The van der Waals surface area contributed by atoms with Crippen LogP contribution >= 0.6 is 0 Å². The van der Waals surface area contributed by atoms with Gasteiger partial charge in [-0.1, -0.05) is 0 Å². The van der Waals surface area contributed by atoms with Crippen LogP contribution in [0.4, 0.5) is 4.39 Å². The quantitative estimate of drug-likeness (QED) is 0.652. The summed E-state index contributed by atoms with van der Waals surface area (Å²) in [5, 5.41) is 11.7. The Bertz CT molecular complexity index is 334. The molecule has 1 aromatic rings. The summed E-state index contributed by atoms with van der Waals surface area (Å²) >= 11 is 0. The monoisotopic (exact) mass is 198 g/mol. The Labute approximate surface area is 80.5 Å². The summed E-state index contributed by atoms with van der Waals surface area (Å²) in [6, 6.07) is 2.59. The van der Waals surface area contributed by atoms with E-state index in [-0.39, 0.29) is 5.75 Å². The summed E-state index contributed by atoms with van der Waals surface area (Å²) in [6.07, 6.45) is 0. The van der Waals surface area contributed by atoms with E-state index in [9.17, 15) is 9.18 Å². The van der Waals surface area contributed by atoms with Gasteiger partial charge in [-0.25, -0.2) is 4.39 Å². The third kappa shape index (κ3) is 2.20. The molecule has 0 heterocycles. The fraction of sp³-hybridized carbons (Fsp3) is 0.222. The third-order valence-corrected chi connectivity index (χ3v) is 1.81. The van der Waals surface area contributed by atoms with Crippen molar-refractivity contribution < 1.29 is 14.3 Å². The number of hydrogen-bond acceptors (Lipinski definition) is 3. The number of aromatic hydroxyl groups is 1. The van der Waals surface area contributed by atoms with Gasteiger partial charge in [0.15, 0.2) is 0 Å². The highest BCUT2D eigenvalue weighted by atomic mass is 19.1. The Kier molecular flexibility index (Phi) is 3.03. The maximum Gasteiger partial charge on any atom is 0.239 e. The highest BCUT2D eigenvalue weighted by Crippen LogP contribution is 2.19. The second-order valence-corrected chi connectivity index (χ2v) is 2.87. The van der Waals surface area contributed by atoms with E-state index in [1.807, 2.05) is 0 Å². The predicted octanol–water partition coefficient (Wildman–Crippen LogP) is 0.277. The molecule has 0 bridgehead atoms. The zero-order valence-corrected chi connectivity index (χ0v) is 7.62. The molecule has 0 fully saturated rings. The first-order chi connectivity index (χ1) is 6.54. The molecule has 5 heteroatoms. The van der Waals surface area contributed by atoms with Crippen molar-refractivity contribution >= 4 is 5.91 Å². The van der Waals surface area contributed by atoms with Gasteiger partial charge in [0.1, 0.15) is 17.6 Å². The summed E-state index contributed by atoms with van der Waals surface area (Å²) in [5.41, 5.74) is 5.38. The number of benzene rings is 1. The maximum absolute atomic E-state index is 12.8. The van der Waals surface area contributed by atoms with E-state index < -0.39 is 17.8 Å². The minimum atomic E-state index is -0.795. The van der Waals surface area contributed by atoms with Crippen LogP contribution in [0.15, 0.2) is 18.2 Å². The standard InChI is InChI=1S/C9H11FN2O2/c1-12-8(9(11)14)5-2-6(10)4-7(13)3-5/h2-4,8,12-13H,1H3,(H2,11,14). The first-order valence-corrected chi connectivity index (χ1v) is 4.00. The Morgan fingerprint density at radius 1 is 1.57 bits per heavy atom. The Morgan fingerprint density at radius 2 is 2.21 bits per heavy atom. The molecule has 1 amide bonds. The lowest BCUT2D eigenvalue weighted by Crippen LogP contribution is -2.31. The van der Waals surface area contributed by atoms with Gasteiger partial charge in [0.2, 0.25) is 5.91 Å². The number of hydrogen-bond donors (Lipinski definition) is 3. The van der Waals surface area contributed by atoms with E-state index in [1.54, 1.807) is 0 Å². The molecule has 0 aliphatic rings. The molecular weight excluding hydrogens is 187 g/mol. The second kappa shape index (κ2) is 4.06. The van der Waals surface area contributed by atoms with Crippen LogP contribution in [0.5, 0.6) is 5.75 Å². The molecule has 0 radical (unpaired) electrons. The summed E-state index contributed by atoms with van der Waals surface area (Å²) in [7, 11) is 1.53. The summed E-state index contributed by atoms with van der Waals surface area (Å²) in [6.45, 7) is 0. The average Bonchev–Trinajstić information content (AvgIpc) is 2.02. The molecule has 1 unspecified atom stereocenters.